The minimum atomic E-state index is 0.323. The van der Waals surface area contributed by atoms with Gasteiger partial charge >= 0.3 is 0 Å². The van der Waals surface area contributed by atoms with Crippen molar-refractivity contribution in [3.05, 3.63) is 18.0 Å². The summed E-state index contributed by atoms with van der Waals surface area (Å²) in [5.41, 5.74) is 9.05. The molecule has 1 aliphatic heterocycles. The second kappa shape index (κ2) is 5.24. The number of nitrogens with zero attached hydrogens (tertiary/aromatic N) is 4. The van der Waals surface area contributed by atoms with Crippen molar-refractivity contribution in [1.82, 2.24) is 25.5 Å². The summed E-state index contributed by atoms with van der Waals surface area (Å²) >= 11 is 0. The van der Waals surface area contributed by atoms with E-state index in [1.165, 1.54) is 18.5 Å². The van der Waals surface area contributed by atoms with E-state index < -0.39 is 0 Å². The van der Waals surface area contributed by atoms with Gasteiger partial charge in [-0.1, -0.05) is 0 Å². The number of hydrogen-bond donors (Lipinski definition) is 3. The Morgan fingerprint density at radius 3 is 2.91 bits per heavy atom. The van der Waals surface area contributed by atoms with Gasteiger partial charge < -0.3 is 16.0 Å². The molecule has 1 aliphatic carbocycles. The second-order valence-corrected chi connectivity index (χ2v) is 6.16. The van der Waals surface area contributed by atoms with Crippen LogP contribution in [0.25, 0.3) is 11.3 Å². The van der Waals surface area contributed by atoms with E-state index in [0.717, 1.165) is 36.6 Å². The van der Waals surface area contributed by atoms with Gasteiger partial charge in [-0.2, -0.15) is 10.1 Å². The van der Waals surface area contributed by atoms with Crippen LogP contribution in [0, 0.1) is 0 Å². The van der Waals surface area contributed by atoms with Crippen LogP contribution in [0.5, 0.6) is 0 Å². The van der Waals surface area contributed by atoms with Gasteiger partial charge in [-0.15, -0.1) is 0 Å². The van der Waals surface area contributed by atoms with E-state index in [4.69, 9.17) is 5.73 Å². The van der Waals surface area contributed by atoms with Crippen LogP contribution < -0.4 is 16.0 Å². The molecule has 2 aliphatic rings. The van der Waals surface area contributed by atoms with Crippen molar-refractivity contribution in [1.29, 1.82) is 0 Å². The molecule has 2 fully saturated rings. The van der Waals surface area contributed by atoms with E-state index in [1.807, 2.05) is 19.3 Å². The van der Waals surface area contributed by atoms with Crippen LogP contribution in [0.4, 0.5) is 11.8 Å². The quantitative estimate of drug-likeness (QED) is 0.783. The molecule has 0 radical (unpaired) electrons. The van der Waals surface area contributed by atoms with Crippen LogP contribution in [0.1, 0.15) is 30.9 Å². The largest absolute Gasteiger partial charge is 0.368 e. The number of hydrogen-bond acceptors (Lipinski definition) is 6. The number of nitrogen functional groups attached to an aromatic ring is 1. The molecular formula is C15H21N7. The molecule has 1 saturated heterocycles. The van der Waals surface area contributed by atoms with Crippen molar-refractivity contribution in [2.24, 2.45) is 0 Å². The van der Waals surface area contributed by atoms with E-state index in [0.29, 0.717) is 17.9 Å². The Morgan fingerprint density at radius 1 is 1.32 bits per heavy atom. The number of nitrogens with two attached hydrogens (primary N) is 1. The Bertz CT molecular complexity index is 676. The summed E-state index contributed by atoms with van der Waals surface area (Å²) in [6, 6.07) is 2.54. The van der Waals surface area contributed by atoms with E-state index in [2.05, 4.69) is 30.4 Å². The summed E-state index contributed by atoms with van der Waals surface area (Å²) in [5.74, 6) is 1.82. The average molecular weight is 299 g/mol. The molecule has 22 heavy (non-hydrogen) atoms. The monoisotopic (exact) mass is 299 g/mol. The number of anilines is 2. The number of aromatic amines is 1. The van der Waals surface area contributed by atoms with Gasteiger partial charge in [-0.25, -0.2) is 4.98 Å². The smallest absolute Gasteiger partial charge is 0.222 e. The zero-order chi connectivity index (χ0) is 15.1. The Labute approximate surface area is 129 Å². The molecule has 7 nitrogen and oxygen atoms in total. The van der Waals surface area contributed by atoms with E-state index in [-0.39, 0.29) is 0 Å². The third-order valence-corrected chi connectivity index (χ3v) is 4.58. The molecule has 7 heteroatoms. The van der Waals surface area contributed by atoms with Gasteiger partial charge in [0.2, 0.25) is 5.95 Å². The first-order chi connectivity index (χ1) is 10.7. The molecule has 4 rings (SSSR count). The predicted octanol–water partition coefficient (Wildman–Crippen LogP) is 1.12. The lowest BCUT2D eigenvalue weighted by Crippen LogP contribution is -2.30. The van der Waals surface area contributed by atoms with Gasteiger partial charge in [-0.05, 0) is 26.3 Å². The molecule has 0 aromatic carbocycles. The molecule has 2 aromatic rings. The summed E-state index contributed by atoms with van der Waals surface area (Å²) in [6.07, 6.45) is 5.41. The van der Waals surface area contributed by atoms with Gasteiger partial charge in [0.05, 0.1) is 11.9 Å². The lowest BCUT2D eigenvalue weighted by Gasteiger charge is -2.18. The third-order valence-electron chi connectivity index (χ3n) is 4.58. The SMILES string of the molecule is CN[C@@H]1CCN(c2cc(-c3cn[nH]c3C3CC3)nc(N)n2)C1. The maximum atomic E-state index is 5.95. The highest BCUT2D eigenvalue weighted by molar-refractivity contribution is 5.67. The lowest BCUT2D eigenvalue weighted by atomic mass is 10.1. The number of aromatic nitrogens is 4. The fourth-order valence-corrected chi connectivity index (χ4v) is 3.14. The predicted molar refractivity (Wildman–Crippen MR) is 85.7 cm³/mol. The van der Waals surface area contributed by atoms with Crippen molar-refractivity contribution in [3.63, 3.8) is 0 Å². The summed E-state index contributed by atoms with van der Waals surface area (Å²) in [4.78, 5) is 11.1. The molecule has 1 saturated carbocycles. The minimum Gasteiger partial charge on any atom is -0.368 e. The average Bonchev–Trinajstić information content (AvgIpc) is 3.06. The summed E-state index contributed by atoms with van der Waals surface area (Å²) in [7, 11) is 2.00. The fraction of sp³-hybridized carbons (Fsp3) is 0.533. The normalized spacial score (nSPS) is 21.5. The third kappa shape index (κ3) is 2.41. The van der Waals surface area contributed by atoms with Gasteiger partial charge in [0.1, 0.15) is 5.82 Å². The van der Waals surface area contributed by atoms with Crippen molar-refractivity contribution in [3.8, 4) is 11.3 Å². The number of rotatable bonds is 4. The highest BCUT2D eigenvalue weighted by Crippen LogP contribution is 2.43. The topological polar surface area (TPSA) is 95.8 Å². The first kappa shape index (κ1) is 13.5. The summed E-state index contributed by atoms with van der Waals surface area (Å²) in [5, 5.41) is 10.6. The maximum Gasteiger partial charge on any atom is 0.222 e. The van der Waals surface area contributed by atoms with Crippen LogP contribution in [-0.4, -0.2) is 46.3 Å². The highest BCUT2D eigenvalue weighted by atomic mass is 15.2. The summed E-state index contributed by atoms with van der Waals surface area (Å²) in [6.45, 7) is 1.94. The van der Waals surface area contributed by atoms with E-state index in [9.17, 15) is 0 Å². The highest BCUT2D eigenvalue weighted by Gasteiger charge is 2.29. The number of H-pyrrole nitrogens is 1. The molecule has 4 N–H and O–H groups in total. The minimum absolute atomic E-state index is 0.323. The molecule has 0 spiro atoms. The standard InChI is InChI=1S/C15H21N7/c1-17-10-4-5-22(8-10)13-6-12(19-15(16)20-13)11-7-18-21-14(11)9-2-3-9/h6-7,9-10,17H,2-5,8H2,1H3,(H,18,21)(H2,16,19,20)/t10-/m1/s1. The Morgan fingerprint density at radius 2 is 2.18 bits per heavy atom. The Balaban J connectivity index is 1.67. The van der Waals surface area contributed by atoms with E-state index >= 15 is 0 Å². The van der Waals surface area contributed by atoms with Gasteiger partial charge in [0, 0.05) is 42.4 Å². The first-order valence-electron chi connectivity index (χ1n) is 7.85. The molecule has 3 heterocycles. The number of likely N-dealkylation sites (N-methyl/N-ethyl adjacent to an activating group) is 1. The van der Waals surface area contributed by atoms with Crippen molar-refractivity contribution in [2.75, 3.05) is 30.8 Å². The van der Waals surface area contributed by atoms with Crippen LogP contribution in [0.3, 0.4) is 0 Å². The first-order valence-corrected chi connectivity index (χ1v) is 7.85. The molecule has 0 bridgehead atoms. The van der Waals surface area contributed by atoms with Crippen LogP contribution in [0.2, 0.25) is 0 Å². The zero-order valence-corrected chi connectivity index (χ0v) is 12.7. The van der Waals surface area contributed by atoms with Crippen molar-refractivity contribution >= 4 is 11.8 Å². The Kier molecular flexibility index (Phi) is 3.22. The van der Waals surface area contributed by atoms with Crippen molar-refractivity contribution in [2.45, 2.75) is 31.2 Å². The maximum absolute atomic E-state index is 5.95. The van der Waals surface area contributed by atoms with Gasteiger partial charge in [0.15, 0.2) is 0 Å². The zero-order valence-electron chi connectivity index (χ0n) is 12.7. The van der Waals surface area contributed by atoms with Crippen LogP contribution in [0.15, 0.2) is 12.3 Å². The van der Waals surface area contributed by atoms with Crippen LogP contribution >= 0.6 is 0 Å². The second-order valence-electron chi connectivity index (χ2n) is 6.16. The van der Waals surface area contributed by atoms with Gasteiger partial charge in [0.25, 0.3) is 0 Å². The molecular weight excluding hydrogens is 278 g/mol. The van der Waals surface area contributed by atoms with Crippen LogP contribution in [-0.2, 0) is 0 Å². The molecule has 1 atom stereocenters. The number of nitrogens with one attached hydrogen (secondary N) is 2. The van der Waals surface area contributed by atoms with Gasteiger partial charge in [-0.3, -0.25) is 5.10 Å². The summed E-state index contributed by atoms with van der Waals surface area (Å²) < 4.78 is 0. The molecule has 0 unspecified atom stereocenters. The molecule has 116 valence electrons. The van der Waals surface area contributed by atoms with E-state index in [1.54, 1.807) is 0 Å². The molecule has 2 aromatic heterocycles. The molecule has 0 amide bonds. The fourth-order valence-electron chi connectivity index (χ4n) is 3.14. The van der Waals surface area contributed by atoms with Crippen molar-refractivity contribution < 1.29 is 0 Å². The lowest BCUT2D eigenvalue weighted by molar-refractivity contribution is 0.616. The Hall–Kier alpha value is -2.15.